The topological polar surface area (TPSA) is 94.1 Å². The van der Waals surface area contributed by atoms with Gasteiger partial charge in [-0.05, 0) is 84.5 Å². The molecule has 0 fully saturated rings. The molecule has 0 spiro atoms. The van der Waals surface area contributed by atoms with Gasteiger partial charge in [0.1, 0.15) is 4.90 Å². The number of hydrogen-bond donors (Lipinski definition) is 1. The molecule has 0 saturated carbocycles. The minimum Gasteiger partial charge on any atom is -0.490 e. The molecule has 0 aliphatic rings. The van der Waals surface area contributed by atoms with Gasteiger partial charge in [-0.2, -0.15) is 13.5 Å². The Balaban J connectivity index is 1.82. The number of amides is 1. The number of hydrogen-bond acceptors (Lipinski definition) is 6. The van der Waals surface area contributed by atoms with Crippen LogP contribution >= 0.6 is 45.8 Å². The van der Waals surface area contributed by atoms with Crippen LogP contribution < -0.4 is 14.3 Å². The van der Waals surface area contributed by atoms with Crippen molar-refractivity contribution in [1.29, 1.82) is 0 Å². The van der Waals surface area contributed by atoms with Crippen LogP contribution in [0.1, 0.15) is 28.4 Å². The highest BCUT2D eigenvalue weighted by atomic mass is 127. The molecule has 0 radical (unpaired) electrons. The molecule has 7 nitrogen and oxygen atoms in total. The average molecular weight is 633 g/mol. The second-order valence-corrected chi connectivity index (χ2v) is 10.5. The van der Waals surface area contributed by atoms with E-state index in [0.29, 0.717) is 19.7 Å². The predicted octanol–water partition coefficient (Wildman–Crippen LogP) is 5.84. The fraction of sp³-hybridized carbons (Fsp3) is 0.130. The van der Waals surface area contributed by atoms with E-state index >= 15 is 0 Å². The highest BCUT2D eigenvalue weighted by molar-refractivity contribution is 14.1. The lowest BCUT2D eigenvalue weighted by atomic mass is 10.2. The Kier molecular flexibility index (Phi) is 8.80. The van der Waals surface area contributed by atoms with Crippen LogP contribution in [0.4, 0.5) is 0 Å². The van der Waals surface area contributed by atoms with E-state index in [1.165, 1.54) is 36.5 Å². The van der Waals surface area contributed by atoms with E-state index in [-0.39, 0.29) is 28.0 Å². The molecule has 1 amide bonds. The van der Waals surface area contributed by atoms with E-state index in [1.54, 1.807) is 31.2 Å². The summed E-state index contributed by atoms with van der Waals surface area (Å²) in [6.45, 7) is 3.91. The molecule has 3 aromatic carbocycles. The first-order chi connectivity index (χ1) is 16.1. The van der Waals surface area contributed by atoms with Crippen LogP contribution in [0.25, 0.3) is 0 Å². The molecule has 0 bridgehead atoms. The molecule has 178 valence electrons. The first-order valence-electron chi connectivity index (χ1n) is 9.86. The third kappa shape index (κ3) is 6.62. The Labute approximate surface area is 221 Å². The largest absolute Gasteiger partial charge is 0.490 e. The van der Waals surface area contributed by atoms with Crippen molar-refractivity contribution in [2.24, 2.45) is 5.10 Å². The molecule has 3 rings (SSSR count). The van der Waals surface area contributed by atoms with Crippen LogP contribution in [-0.4, -0.2) is 27.1 Å². The molecule has 0 saturated heterocycles. The fourth-order valence-electron chi connectivity index (χ4n) is 2.74. The fourth-order valence-corrected chi connectivity index (χ4v) is 4.88. The van der Waals surface area contributed by atoms with Gasteiger partial charge in [0, 0.05) is 5.56 Å². The summed E-state index contributed by atoms with van der Waals surface area (Å²) >= 11 is 13.8. The Bertz CT molecular complexity index is 1350. The summed E-state index contributed by atoms with van der Waals surface area (Å²) in [6.07, 6.45) is 1.40. The van der Waals surface area contributed by atoms with Crippen LogP contribution in [0, 0.1) is 10.5 Å². The summed E-state index contributed by atoms with van der Waals surface area (Å²) in [5.41, 5.74) is 4.18. The highest BCUT2D eigenvalue weighted by Gasteiger charge is 2.22. The first kappa shape index (κ1) is 26.3. The number of nitrogens with one attached hydrogen (secondary N) is 1. The third-order valence-corrected chi connectivity index (χ3v) is 7.17. The van der Waals surface area contributed by atoms with Crippen LogP contribution in [0.3, 0.4) is 0 Å². The van der Waals surface area contributed by atoms with Crippen molar-refractivity contribution in [2.45, 2.75) is 18.7 Å². The lowest BCUT2D eigenvalue weighted by Gasteiger charge is -2.14. The number of ether oxygens (including phenoxy) is 1. The van der Waals surface area contributed by atoms with Crippen molar-refractivity contribution in [3.8, 4) is 11.5 Å². The maximum Gasteiger partial charge on any atom is 0.339 e. The number of rotatable bonds is 8. The van der Waals surface area contributed by atoms with Gasteiger partial charge in [0.05, 0.1) is 26.4 Å². The SMILES string of the molecule is CCOc1cc(/C=N\NC(=O)c2ccc(Cl)c(Cl)c2)cc(I)c1OS(=O)(=O)c1ccc(C)cc1. The van der Waals surface area contributed by atoms with Crippen LogP contribution in [-0.2, 0) is 10.1 Å². The quantitative estimate of drug-likeness (QED) is 0.146. The molecule has 1 N–H and O–H groups in total. The van der Waals surface area contributed by atoms with Crippen molar-refractivity contribution in [2.75, 3.05) is 6.61 Å². The van der Waals surface area contributed by atoms with Gasteiger partial charge in [-0.15, -0.1) is 0 Å². The second kappa shape index (κ2) is 11.4. The molecule has 34 heavy (non-hydrogen) atoms. The van der Waals surface area contributed by atoms with Gasteiger partial charge in [0.25, 0.3) is 5.91 Å². The minimum atomic E-state index is -4.07. The van der Waals surface area contributed by atoms with Crippen molar-refractivity contribution < 1.29 is 22.1 Å². The molecule has 0 aliphatic heterocycles. The summed E-state index contributed by atoms with van der Waals surface area (Å²) in [4.78, 5) is 12.3. The van der Waals surface area contributed by atoms with Crippen LogP contribution in [0.5, 0.6) is 11.5 Å². The van der Waals surface area contributed by atoms with Gasteiger partial charge in [-0.25, -0.2) is 5.43 Å². The van der Waals surface area contributed by atoms with Crippen LogP contribution in [0.15, 0.2) is 64.6 Å². The zero-order chi connectivity index (χ0) is 24.9. The number of nitrogens with zero attached hydrogens (tertiary/aromatic N) is 1. The standard InChI is InChI=1S/C23H19Cl2IN2O5S/c1-3-32-21-11-15(13-27-28-23(29)16-6-9-18(24)19(25)12-16)10-20(26)22(21)33-34(30,31)17-7-4-14(2)5-8-17/h4-13H,3H2,1-2H3,(H,28,29)/b27-13-. The van der Waals surface area contributed by atoms with Gasteiger partial charge >= 0.3 is 10.1 Å². The number of hydrazone groups is 1. The summed E-state index contributed by atoms with van der Waals surface area (Å²) in [7, 11) is -4.07. The van der Waals surface area contributed by atoms with E-state index in [0.717, 1.165) is 5.56 Å². The first-order valence-corrected chi connectivity index (χ1v) is 13.1. The average Bonchev–Trinajstić information content (AvgIpc) is 2.78. The molecule has 11 heteroatoms. The van der Waals surface area contributed by atoms with E-state index < -0.39 is 16.0 Å². The van der Waals surface area contributed by atoms with Gasteiger partial charge < -0.3 is 8.92 Å². The maximum atomic E-state index is 12.8. The Morgan fingerprint density at radius 1 is 1.09 bits per heavy atom. The lowest BCUT2D eigenvalue weighted by molar-refractivity contribution is 0.0955. The smallest absolute Gasteiger partial charge is 0.339 e. The van der Waals surface area contributed by atoms with E-state index in [2.05, 4.69) is 10.5 Å². The highest BCUT2D eigenvalue weighted by Crippen LogP contribution is 2.36. The molecule has 0 aliphatic carbocycles. The van der Waals surface area contributed by atoms with E-state index in [4.69, 9.17) is 32.1 Å². The van der Waals surface area contributed by atoms with Crippen molar-refractivity contribution in [1.82, 2.24) is 5.43 Å². The Morgan fingerprint density at radius 2 is 1.79 bits per heavy atom. The van der Waals surface area contributed by atoms with Crippen LogP contribution in [0.2, 0.25) is 10.0 Å². The lowest BCUT2D eigenvalue weighted by Crippen LogP contribution is -2.17. The van der Waals surface area contributed by atoms with E-state index in [9.17, 15) is 13.2 Å². The summed E-state index contributed by atoms with van der Waals surface area (Å²) in [5.74, 6) is -0.180. The molecule has 0 atom stereocenters. The Hall–Kier alpha value is -2.34. The van der Waals surface area contributed by atoms with Gasteiger partial charge in [0.2, 0.25) is 0 Å². The number of halogens is 3. The number of aryl methyl sites for hydroxylation is 1. The zero-order valence-electron chi connectivity index (χ0n) is 18.0. The normalized spacial score (nSPS) is 11.4. The minimum absolute atomic E-state index is 0.0343. The van der Waals surface area contributed by atoms with Crippen molar-refractivity contribution in [3.63, 3.8) is 0 Å². The van der Waals surface area contributed by atoms with E-state index in [1.807, 2.05) is 29.5 Å². The summed E-state index contributed by atoms with van der Waals surface area (Å²) in [5, 5.41) is 4.55. The van der Waals surface area contributed by atoms with Gasteiger partial charge in [-0.1, -0.05) is 40.9 Å². The van der Waals surface area contributed by atoms with Crippen molar-refractivity contribution in [3.05, 3.63) is 84.9 Å². The second-order valence-electron chi connectivity index (χ2n) is 6.94. The molecule has 0 aromatic heterocycles. The van der Waals surface area contributed by atoms with Crippen molar-refractivity contribution >= 4 is 68.0 Å². The number of carbonyl (C=O) groups is 1. The Morgan fingerprint density at radius 3 is 2.44 bits per heavy atom. The molecule has 0 unspecified atom stereocenters. The monoisotopic (exact) mass is 632 g/mol. The summed E-state index contributed by atoms with van der Waals surface area (Å²) < 4.78 is 37.0. The maximum absolute atomic E-state index is 12.8. The predicted molar refractivity (Wildman–Crippen MR) is 141 cm³/mol. The van der Waals surface area contributed by atoms with Gasteiger partial charge in [-0.3, -0.25) is 4.79 Å². The molecule has 3 aromatic rings. The molecular formula is C23H19Cl2IN2O5S. The number of carbonyl (C=O) groups excluding carboxylic acids is 1. The number of benzene rings is 3. The zero-order valence-corrected chi connectivity index (χ0v) is 22.5. The summed E-state index contributed by atoms with van der Waals surface area (Å²) in [6, 6.07) is 14.0. The third-order valence-electron chi connectivity index (χ3n) is 4.40. The molecule has 0 heterocycles. The van der Waals surface area contributed by atoms with Gasteiger partial charge in [0.15, 0.2) is 11.5 Å². The molecular weight excluding hydrogens is 614 g/mol.